The quantitative estimate of drug-likeness (QED) is 0.716. The van der Waals surface area contributed by atoms with E-state index in [0.717, 1.165) is 6.42 Å². The fraction of sp³-hybridized carbons (Fsp3) is 0.846. The molecule has 0 unspecified atom stereocenters. The third-order valence-electron chi connectivity index (χ3n) is 2.98. The minimum Gasteiger partial charge on any atom is -0.459 e. The van der Waals surface area contributed by atoms with Crippen LogP contribution in [0.1, 0.15) is 40.0 Å². The molecule has 1 aliphatic rings. The van der Waals surface area contributed by atoms with E-state index in [0.29, 0.717) is 26.0 Å². The second kappa shape index (κ2) is 6.75. The average molecular weight is 273 g/mol. The van der Waals surface area contributed by atoms with E-state index in [4.69, 9.17) is 14.2 Å². The van der Waals surface area contributed by atoms with Crippen molar-refractivity contribution in [2.75, 3.05) is 20.3 Å². The summed E-state index contributed by atoms with van der Waals surface area (Å²) in [6, 6.07) is 0. The highest BCUT2D eigenvalue weighted by molar-refractivity contribution is 5.85. The molecule has 1 atom stereocenters. The van der Waals surface area contributed by atoms with E-state index in [2.05, 4.69) is 0 Å². The number of carbonyl (C=O) groups is 2. The van der Waals surface area contributed by atoms with Crippen LogP contribution < -0.4 is 0 Å². The molecule has 0 N–H and O–H groups in total. The Morgan fingerprint density at radius 1 is 1.37 bits per heavy atom. The van der Waals surface area contributed by atoms with Crippen molar-refractivity contribution in [2.24, 2.45) is 0 Å². The fourth-order valence-electron chi connectivity index (χ4n) is 2.11. The van der Waals surface area contributed by atoms with Gasteiger partial charge >= 0.3 is 12.1 Å². The van der Waals surface area contributed by atoms with E-state index in [1.54, 1.807) is 13.8 Å². The molecule has 1 rings (SSSR count). The highest BCUT2D eigenvalue weighted by Crippen LogP contribution is 2.32. The average Bonchev–Trinajstić information content (AvgIpc) is 2.80. The van der Waals surface area contributed by atoms with Gasteiger partial charge in [0.05, 0.1) is 12.7 Å². The van der Waals surface area contributed by atoms with Gasteiger partial charge in [0.2, 0.25) is 5.72 Å². The number of esters is 1. The molecule has 110 valence electrons. The van der Waals surface area contributed by atoms with Crippen molar-refractivity contribution < 1.29 is 23.8 Å². The third-order valence-corrected chi connectivity index (χ3v) is 2.98. The summed E-state index contributed by atoms with van der Waals surface area (Å²) in [7, 11) is 1.41. The minimum atomic E-state index is -1.34. The van der Waals surface area contributed by atoms with E-state index < -0.39 is 17.8 Å². The lowest BCUT2D eigenvalue weighted by Gasteiger charge is -2.34. The number of hydrogen-bond acceptors (Lipinski definition) is 5. The third kappa shape index (κ3) is 3.37. The van der Waals surface area contributed by atoms with Crippen LogP contribution in [0, 0.1) is 0 Å². The van der Waals surface area contributed by atoms with Crippen LogP contribution in [0.3, 0.4) is 0 Å². The van der Waals surface area contributed by atoms with Gasteiger partial charge in [0.25, 0.3) is 0 Å². The molecule has 1 aliphatic heterocycles. The van der Waals surface area contributed by atoms with Gasteiger partial charge in [-0.25, -0.2) is 9.59 Å². The molecule has 6 heteroatoms. The van der Waals surface area contributed by atoms with Gasteiger partial charge in [-0.1, -0.05) is 6.92 Å². The summed E-state index contributed by atoms with van der Waals surface area (Å²) in [5, 5.41) is 0. The predicted molar refractivity (Wildman–Crippen MR) is 68.5 cm³/mol. The molecule has 1 heterocycles. The molecule has 0 bridgehead atoms. The van der Waals surface area contributed by atoms with E-state index in [1.165, 1.54) is 12.0 Å². The molecule has 19 heavy (non-hydrogen) atoms. The summed E-state index contributed by atoms with van der Waals surface area (Å²) in [5.41, 5.74) is -1.34. The van der Waals surface area contributed by atoms with Gasteiger partial charge in [-0.3, -0.25) is 4.90 Å². The van der Waals surface area contributed by atoms with Crippen LogP contribution in [-0.2, 0) is 19.0 Å². The van der Waals surface area contributed by atoms with Gasteiger partial charge in [0.1, 0.15) is 0 Å². The first kappa shape index (κ1) is 15.8. The number of ether oxygens (including phenoxy) is 3. The molecular formula is C13H23NO5. The molecular weight excluding hydrogens is 250 g/mol. The normalized spacial score (nSPS) is 22.7. The fourth-order valence-corrected chi connectivity index (χ4v) is 2.11. The molecule has 0 aromatic heterocycles. The van der Waals surface area contributed by atoms with Crippen LogP contribution >= 0.6 is 0 Å². The molecule has 0 radical (unpaired) electrons. The highest BCUT2D eigenvalue weighted by Gasteiger charge is 2.52. The Labute approximate surface area is 114 Å². The summed E-state index contributed by atoms with van der Waals surface area (Å²) in [5.74, 6) is -0.532. The van der Waals surface area contributed by atoms with E-state index in [1.807, 2.05) is 6.92 Å². The number of likely N-dealkylation sites (tertiary alicyclic amines) is 1. The topological polar surface area (TPSA) is 65.1 Å². The zero-order valence-electron chi connectivity index (χ0n) is 12.1. The molecule has 1 amide bonds. The maximum absolute atomic E-state index is 12.2. The van der Waals surface area contributed by atoms with E-state index in [9.17, 15) is 9.59 Å². The van der Waals surface area contributed by atoms with Gasteiger partial charge < -0.3 is 14.2 Å². The lowest BCUT2D eigenvalue weighted by Crippen LogP contribution is -2.55. The van der Waals surface area contributed by atoms with Crippen molar-refractivity contribution in [1.29, 1.82) is 0 Å². The van der Waals surface area contributed by atoms with Gasteiger partial charge in [-0.2, -0.15) is 0 Å². The van der Waals surface area contributed by atoms with Crippen LogP contribution in [0.5, 0.6) is 0 Å². The molecule has 0 spiro atoms. The maximum Gasteiger partial charge on any atom is 0.412 e. The Hall–Kier alpha value is -1.30. The standard InChI is InChI=1S/C13H23NO5/c1-5-9-18-12(16)14-8-6-7-13(14,17-4)11(15)19-10(2)3/h10H,5-9H2,1-4H3/t13-/m1/s1. The van der Waals surface area contributed by atoms with Crippen molar-refractivity contribution in [3.05, 3.63) is 0 Å². The second-order valence-corrected chi connectivity index (χ2v) is 4.81. The van der Waals surface area contributed by atoms with Crippen molar-refractivity contribution in [3.63, 3.8) is 0 Å². The minimum absolute atomic E-state index is 0.256. The summed E-state index contributed by atoms with van der Waals surface area (Å²) in [6.07, 6.45) is 1.06. The first-order valence-electron chi connectivity index (χ1n) is 6.68. The zero-order valence-corrected chi connectivity index (χ0v) is 12.1. The molecule has 0 aromatic rings. The lowest BCUT2D eigenvalue weighted by atomic mass is 10.1. The van der Waals surface area contributed by atoms with Crippen molar-refractivity contribution >= 4 is 12.1 Å². The summed E-state index contributed by atoms with van der Waals surface area (Å²) in [4.78, 5) is 25.5. The Morgan fingerprint density at radius 2 is 2.05 bits per heavy atom. The van der Waals surface area contributed by atoms with Gasteiger partial charge in [0.15, 0.2) is 0 Å². The number of hydrogen-bond donors (Lipinski definition) is 0. The lowest BCUT2D eigenvalue weighted by molar-refractivity contribution is -0.190. The Kier molecular flexibility index (Phi) is 5.60. The monoisotopic (exact) mass is 273 g/mol. The van der Waals surface area contributed by atoms with Crippen molar-refractivity contribution in [3.8, 4) is 0 Å². The largest absolute Gasteiger partial charge is 0.459 e. The van der Waals surface area contributed by atoms with Crippen molar-refractivity contribution in [1.82, 2.24) is 4.90 Å². The Balaban J connectivity index is 2.84. The van der Waals surface area contributed by atoms with Crippen LogP contribution in [0.25, 0.3) is 0 Å². The molecule has 0 saturated carbocycles. The number of methoxy groups -OCH3 is 1. The van der Waals surface area contributed by atoms with Crippen LogP contribution in [0.4, 0.5) is 4.79 Å². The van der Waals surface area contributed by atoms with Crippen LogP contribution in [0.2, 0.25) is 0 Å². The maximum atomic E-state index is 12.2. The van der Waals surface area contributed by atoms with Gasteiger partial charge in [-0.15, -0.1) is 0 Å². The predicted octanol–water partition coefficient (Wildman–Crippen LogP) is 1.92. The number of carbonyl (C=O) groups excluding carboxylic acids is 2. The van der Waals surface area contributed by atoms with Gasteiger partial charge in [-0.05, 0) is 26.7 Å². The smallest absolute Gasteiger partial charge is 0.412 e. The number of amides is 1. The summed E-state index contributed by atoms with van der Waals surface area (Å²) < 4.78 is 15.6. The van der Waals surface area contributed by atoms with E-state index >= 15 is 0 Å². The van der Waals surface area contributed by atoms with Gasteiger partial charge in [0, 0.05) is 20.1 Å². The zero-order chi connectivity index (χ0) is 14.5. The van der Waals surface area contributed by atoms with Crippen LogP contribution in [-0.4, -0.2) is 49.1 Å². The molecule has 0 aromatic carbocycles. The van der Waals surface area contributed by atoms with E-state index in [-0.39, 0.29) is 6.10 Å². The van der Waals surface area contributed by atoms with Crippen molar-refractivity contribution in [2.45, 2.75) is 51.9 Å². The van der Waals surface area contributed by atoms with Crippen LogP contribution in [0.15, 0.2) is 0 Å². The number of nitrogens with zero attached hydrogens (tertiary/aromatic N) is 1. The summed E-state index contributed by atoms with van der Waals surface area (Å²) >= 11 is 0. The SMILES string of the molecule is CCCOC(=O)N1CCC[C@@]1(OC)C(=O)OC(C)C. The molecule has 0 aliphatic carbocycles. The first-order valence-corrected chi connectivity index (χ1v) is 6.68. The summed E-state index contributed by atoms with van der Waals surface area (Å²) in [6.45, 7) is 6.19. The number of rotatable bonds is 5. The first-order chi connectivity index (χ1) is 8.97. The Morgan fingerprint density at radius 3 is 2.58 bits per heavy atom. The molecule has 1 saturated heterocycles. The highest BCUT2D eigenvalue weighted by atomic mass is 16.6. The molecule has 6 nitrogen and oxygen atoms in total. The molecule has 1 fully saturated rings. The Bertz CT molecular complexity index is 331. The second-order valence-electron chi connectivity index (χ2n) is 4.81.